The van der Waals surface area contributed by atoms with E-state index in [1.54, 1.807) is 0 Å². The van der Waals surface area contributed by atoms with Crippen LogP contribution in [0, 0.1) is 6.92 Å². The Labute approximate surface area is 125 Å². The Morgan fingerprint density at radius 2 is 2.10 bits per heavy atom. The lowest BCUT2D eigenvalue weighted by atomic mass is 9.99. The molecule has 1 amide bonds. The van der Waals surface area contributed by atoms with Crippen LogP contribution in [0.4, 0.5) is 0 Å². The van der Waals surface area contributed by atoms with Crippen LogP contribution >= 0.6 is 11.3 Å². The van der Waals surface area contributed by atoms with E-state index in [4.69, 9.17) is 9.52 Å². The molecule has 0 saturated heterocycles. The molecule has 112 valence electrons. The van der Waals surface area contributed by atoms with Crippen molar-refractivity contribution in [2.45, 2.75) is 32.7 Å². The van der Waals surface area contributed by atoms with E-state index in [0.717, 1.165) is 10.7 Å². The quantitative estimate of drug-likeness (QED) is 0.886. The molecule has 2 aromatic rings. The maximum atomic E-state index is 12.2. The second-order valence-electron chi connectivity index (χ2n) is 4.90. The molecule has 0 radical (unpaired) electrons. The highest BCUT2D eigenvalue weighted by atomic mass is 32.1. The van der Waals surface area contributed by atoms with E-state index in [0.29, 0.717) is 6.42 Å². The van der Waals surface area contributed by atoms with Crippen LogP contribution in [0.15, 0.2) is 21.9 Å². The van der Waals surface area contributed by atoms with Crippen molar-refractivity contribution >= 4 is 23.2 Å². The maximum Gasteiger partial charge on any atom is 0.371 e. The number of aromatic carboxylic acids is 1. The fourth-order valence-corrected chi connectivity index (χ4v) is 2.77. The second-order valence-corrected chi connectivity index (χ2v) is 5.76. The van der Waals surface area contributed by atoms with Crippen LogP contribution in [-0.4, -0.2) is 22.0 Å². The highest BCUT2D eigenvalue weighted by Crippen LogP contribution is 2.28. The number of rotatable bonds is 5. The minimum Gasteiger partial charge on any atom is -0.475 e. The molecule has 0 saturated carbocycles. The zero-order chi connectivity index (χ0) is 15.6. The third-order valence-electron chi connectivity index (χ3n) is 3.23. The summed E-state index contributed by atoms with van der Waals surface area (Å²) in [6.45, 7) is 5.72. The van der Waals surface area contributed by atoms with Crippen LogP contribution in [-0.2, 0) is 5.54 Å². The molecule has 1 atom stereocenters. The van der Waals surface area contributed by atoms with Crippen LogP contribution < -0.4 is 5.32 Å². The topological polar surface area (TPSA) is 92.4 Å². The smallest absolute Gasteiger partial charge is 0.371 e. The molecule has 2 rings (SSSR count). The summed E-state index contributed by atoms with van der Waals surface area (Å²) in [5.74, 6) is -1.95. The molecule has 0 aromatic carbocycles. The number of amides is 1. The van der Waals surface area contributed by atoms with Crippen LogP contribution in [0.3, 0.4) is 0 Å². The van der Waals surface area contributed by atoms with E-state index in [9.17, 15) is 9.59 Å². The van der Waals surface area contributed by atoms with Gasteiger partial charge in [-0.25, -0.2) is 9.78 Å². The lowest BCUT2D eigenvalue weighted by Gasteiger charge is -2.26. The molecule has 2 heterocycles. The number of hydrogen-bond acceptors (Lipinski definition) is 5. The summed E-state index contributed by atoms with van der Waals surface area (Å²) in [5.41, 5.74) is 0.279. The lowest BCUT2D eigenvalue weighted by molar-refractivity contribution is 0.0659. The monoisotopic (exact) mass is 308 g/mol. The average molecular weight is 308 g/mol. The van der Waals surface area contributed by atoms with Gasteiger partial charge in [0.25, 0.3) is 5.91 Å². The van der Waals surface area contributed by atoms with Gasteiger partial charge in [-0.05, 0) is 32.4 Å². The second kappa shape index (κ2) is 5.69. The summed E-state index contributed by atoms with van der Waals surface area (Å²) in [6, 6.07) is 2.61. The van der Waals surface area contributed by atoms with Gasteiger partial charge in [0.2, 0.25) is 5.76 Å². The van der Waals surface area contributed by atoms with Gasteiger partial charge in [-0.2, -0.15) is 0 Å². The molecule has 7 heteroatoms. The minimum absolute atomic E-state index is 0.0275. The molecular formula is C14H16N2O4S. The molecule has 0 aliphatic rings. The molecule has 0 bridgehead atoms. The number of thiazole rings is 1. The molecular weight excluding hydrogens is 292 g/mol. The van der Waals surface area contributed by atoms with E-state index < -0.39 is 17.4 Å². The Morgan fingerprint density at radius 1 is 1.43 bits per heavy atom. The number of carboxylic acid groups (broad SMARTS) is 1. The summed E-state index contributed by atoms with van der Waals surface area (Å²) < 4.78 is 5.01. The van der Waals surface area contributed by atoms with Crippen molar-refractivity contribution in [2.75, 3.05) is 0 Å². The highest BCUT2D eigenvalue weighted by Gasteiger charge is 2.31. The predicted octanol–water partition coefficient (Wildman–Crippen LogP) is 2.80. The van der Waals surface area contributed by atoms with Crippen molar-refractivity contribution < 1.29 is 19.1 Å². The summed E-state index contributed by atoms with van der Waals surface area (Å²) in [5, 5.41) is 14.4. The van der Waals surface area contributed by atoms with Crippen molar-refractivity contribution in [1.82, 2.24) is 10.3 Å². The van der Waals surface area contributed by atoms with Gasteiger partial charge >= 0.3 is 5.97 Å². The number of furan rings is 1. The number of carbonyl (C=O) groups is 2. The zero-order valence-electron chi connectivity index (χ0n) is 12.0. The highest BCUT2D eigenvalue weighted by molar-refractivity contribution is 7.09. The van der Waals surface area contributed by atoms with E-state index in [1.165, 1.54) is 23.5 Å². The van der Waals surface area contributed by atoms with Gasteiger partial charge in [0.05, 0.1) is 5.54 Å². The first-order chi connectivity index (χ1) is 9.85. The zero-order valence-corrected chi connectivity index (χ0v) is 12.8. The Bertz CT molecular complexity index is 676. The molecule has 0 spiro atoms. The number of aryl methyl sites for hydroxylation is 1. The van der Waals surface area contributed by atoms with Gasteiger partial charge in [-0.15, -0.1) is 11.3 Å². The molecule has 1 unspecified atom stereocenters. The Hall–Kier alpha value is -2.15. The number of nitrogens with one attached hydrogen (secondary N) is 1. The first-order valence-corrected chi connectivity index (χ1v) is 7.32. The fraction of sp³-hybridized carbons (Fsp3) is 0.357. The van der Waals surface area contributed by atoms with Gasteiger partial charge in [0.15, 0.2) is 5.76 Å². The summed E-state index contributed by atoms with van der Waals surface area (Å²) >= 11 is 1.48. The number of carbonyl (C=O) groups excluding carboxylic acids is 1. The summed E-state index contributed by atoms with van der Waals surface area (Å²) in [6.07, 6.45) is 0.651. The minimum atomic E-state index is -1.21. The van der Waals surface area contributed by atoms with Gasteiger partial charge in [0, 0.05) is 11.1 Å². The van der Waals surface area contributed by atoms with Crippen LogP contribution in [0.2, 0.25) is 0 Å². The Kier molecular flexibility index (Phi) is 4.13. The summed E-state index contributed by atoms with van der Waals surface area (Å²) in [4.78, 5) is 27.4. The van der Waals surface area contributed by atoms with E-state index in [2.05, 4.69) is 10.3 Å². The number of nitrogens with zero attached hydrogens (tertiary/aromatic N) is 1. The van der Waals surface area contributed by atoms with Crippen molar-refractivity contribution in [1.29, 1.82) is 0 Å². The van der Waals surface area contributed by atoms with Crippen molar-refractivity contribution in [3.8, 4) is 0 Å². The van der Waals surface area contributed by atoms with Crippen LogP contribution in [0.5, 0.6) is 0 Å². The third kappa shape index (κ3) is 3.13. The van der Waals surface area contributed by atoms with Crippen molar-refractivity contribution in [2.24, 2.45) is 0 Å². The van der Waals surface area contributed by atoms with E-state index >= 15 is 0 Å². The molecule has 2 N–H and O–H groups in total. The fourth-order valence-electron chi connectivity index (χ4n) is 1.79. The predicted molar refractivity (Wildman–Crippen MR) is 77.6 cm³/mol. The standard InChI is InChI=1S/C14H16N2O4S/c1-4-14(3,13-15-8(2)7-21-13)16-11(17)9-5-6-10(20-9)12(18)19/h5-7H,4H2,1-3H3,(H,16,17)(H,18,19). The normalized spacial score (nSPS) is 13.7. The van der Waals surface area contributed by atoms with Gasteiger partial charge in [-0.3, -0.25) is 4.79 Å². The van der Waals surface area contributed by atoms with Gasteiger partial charge in [0.1, 0.15) is 5.01 Å². The van der Waals surface area contributed by atoms with E-state index in [-0.39, 0.29) is 11.5 Å². The largest absolute Gasteiger partial charge is 0.475 e. The number of hydrogen-bond donors (Lipinski definition) is 2. The van der Waals surface area contributed by atoms with Gasteiger partial charge < -0.3 is 14.8 Å². The lowest BCUT2D eigenvalue weighted by Crippen LogP contribution is -2.42. The third-order valence-corrected chi connectivity index (χ3v) is 4.45. The van der Waals surface area contributed by atoms with Crippen LogP contribution in [0.25, 0.3) is 0 Å². The van der Waals surface area contributed by atoms with Gasteiger partial charge in [-0.1, -0.05) is 6.92 Å². The Morgan fingerprint density at radius 3 is 2.57 bits per heavy atom. The van der Waals surface area contributed by atoms with Crippen molar-refractivity contribution in [3.05, 3.63) is 39.7 Å². The Balaban J connectivity index is 2.21. The van der Waals surface area contributed by atoms with E-state index in [1.807, 2.05) is 26.2 Å². The maximum absolute atomic E-state index is 12.2. The summed E-state index contributed by atoms with van der Waals surface area (Å²) in [7, 11) is 0. The first kappa shape index (κ1) is 15.2. The molecule has 0 fully saturated rings. The van der Waals surface area contributed by atoms with Crippen LogP contribution in [0.1, 0.15) is 52.1 Å². The molecule has 0 aliphatic heterocycles. The molecule has 21 heavy (non-hydrogen) atoms. The SMILES string of the molecule is CCC(C)(NC(=O)c1ccc(C(=O)O)o1)c1nc(C)cs1. The molecule has 0 aliphatic carbocycles. The number of carboxylic acids is 1. The number of aromatic nitrogens is 1. The first-order valence-electron chi connectivity index (χ1n) is 6.44. The molecule has 2 aromatic heterocycles. The molecule has 6 nitrogen and oxygen atoms in total. The average Bonchev–Trinajstić information content (AvgIpc) is 3.07. The van der Waals surface area contributed by atoms with Crippen molar-refractivity contribution in [3.63, 3.8) is 0 Å².